The van der Waals surface area contributed by atoms with E-state index in [1.165, 1.54) is 37.0 Å². The standard InChI is InChI=1S/C31H35N3O5S.C11H12ClNO4S.C11H15NO3.C11H13NO2.C10H12O.2CO2/c1-3-6-22-9-12-26(13-10-22)33-15-5-16-34(31(33)36)27-8-4-7-23(17-27)21-40(37,38)29-18-24(11-14-28(29)39-2)25-19-30(35)32-20-25;1-17-9-3-2-7(4-10(9)18(12,15)16)8-5-11(14)13-6-8;1-3-9(8-12(13)14)10-4-6-11(15-2)7-5-10;1-14-10-4-2-8(3-5-10)9-6-11(13)12-7-9;1-3-4-9-5-7-10(11-2)8-6-9;2*2-1-3/h4,7-14,17-18,25H,3,5-6,15-16,19-21H2,1-2H3,(H,32,35);2-4,8H,5-6H2,1H3,(H,13,14);4-7,9H,3,8H2,1-2H3;2-5,9H,6-7H2,1H3,(H,12,13);3-8H,1-2H3;;/b;;;;4-3+;;. The first-order valence-corrected chi connectivity index (χ1v) is 37.1. The summed E-state index contributed by atoms with van der Waals surface area (Å²) in [6.07, 6.45) is 9.50. The third kappa shape index (κ3) is 26.0. The summed E-state index contributed by atoms with van der Waals surface area (Å²) in [5.41, 5.74) is 8.29. The van der Waals surface area contributed by atoms with Gasteiger partial charge in [0.1, 0.15) is 38.5 Å². The van der Waals surface area contributed by atoms with Crippen LogP contribution in [0.25, 0.3) is 6.08 Å². The first-order valence-electron chi connectivity index (χ1n) is 33.1. The molecule has 11 rings (SSSR count). The summed E-state index contributed by atoms with van der Waals surface area (Å²) in [4.78, 5) is 93.6. The number of ether oxygens (including phenoxy) is 5. The number of aryl methyl sites for hydroxylation is 1. The minimum absolute atomic E-state index is 0.00842. The van der Waals surface area contributed by atoms with Crippen LogP contribution < -0.4 is 49.4 Å². The van der Waals surface area contributed by atoms with E-state index < -0.39 is 18.9 Å². The van der Waals surface area contributed by atoms with Gasteiger partial charge in [-0.25, -0.2) is 21.6 Å². The highest BCUT2D eigenvalue weighted by Crippen LogP contribution is 2.36. The van der Waals surface area contributed by atoms with Gasteiger partial charge >= 0.3 is 18.3 Å². The number of urea groups is 1. The predicted octanol–water partition coefficient (Wildman–Crippen LogP) is 11.6. The van der Waals surface area contributed by atoms with E-state index in [2.05, 4.69) is 41.1 Å². The Balaban J connectivity index is 0.000000252. The van der Waals surface area contributed by atoms with E-state index in [4.69, 9.17) is 53.5 Å². The third-order valence-corrected chi connectivity index (χ3v) is 20.0. The van der Waals surface area contributed by atoms with Crippen molar-refractivity contribution in [3.63, 3.8) is 0 Å². The van der Waals surface area contributed by atoms with Crippen LogP contribution in [0.3, 0.4) is 0 Å². The summed E-state index contributed by atoms with van der Waals surface area (Å²) in [6.45, 7) is 9.03. The molecule has 3 N–H and O–H groups in total. The molecule has 4 aliphatic heterocycles. The molecule has 0 aromatic heterocycles. The Labute approximate surface area is 610 Å². The molecule has 5 amide bonds. The lowest BCUT2D eigenvalue weighted by Crippen LogP contribution is -2.49. The van der Waals surface area contributed by atoms with Crippen molar-refractivity contribution in [3.05, 3.63) is 213 Å². The number of rotatable bonds is 21. The van der Waals surface area contributed by atoms with Crippen molar-refractivity contribution in [2.75, 3.05) is 84.6 Å². The van der Waals surface area contributed by atoms with Crippen molar-refractivity contribution in [3.8, 4) is 28.7 Å². The summed E-state index contributed by atoms with van der Waals surface area (Å²) in [6, 6.07) is 48.3. The number of carbonyl (C=O) groups excluding carboxylic acids is 8. The fourth-order valence-corrected chi connectivity index (χ4v) is 14.2. The van der Waals surface area contributed by atoms with Crippen LogP contribution >= 0.6 is 10.7 Å². The summed E-state index contributed by atoms with van der Waals surface area (Å²) < 4.78 is 75.6. The maximum Gasteiger partial charge on any atom is 0.373 e. The number of amides is 5. The Morgan fingerprint density at radius 3 is 1.43 bits per heavy atom. The van der Waals surface area contributed by atoms with Crippen molar-refractivity contribution >= 4 is 83.1 Å². The highest BCUT2D eigenvalue weighted by molar-refractivity contribution is 8.13. The van der Waals surface area contributed by atoms with E-state index in [1.54, 1.807) is 73.6 Å². The van der Waals surface area contributed by atoms with Crippen molar-refractivity contribution in [2.24, 2.45) is 0 Å². The molecule has 0 bridgehead atoms. The van der Waals surface area contributed by atoms with Gasteiger partial charge in [-0.3, -0.25) is 34.3 Å². The Kier molecular flexibility index (Phi) is 34.4. The molecule has 4 fully saturated rings. The van der Waals surface area contributed by atoms with Gasteiger partial charge in [-0.15, -0.1) is 0 Å². The minimum Gasteiger partial charge on any atom is -0.497 e. The maximum atomic E-state index is 13.6. The number of anilines is 2. The Hall–Kier alpha value is -10.7. The zero-order chi connectivity index (χ0) is 76.4. The number of benzene rings is 7. The Bertz CT molecular complexity index is 4290. The molecule has 554 valence electrons. The minimum atomic E-state index is -3.87. The van der Waals surface area contributed by atoms with E-state index in [0.717, 1.165) is 71.9 Å². The normalized spacial score (nSPS) is 16.0. The van der Waals surface area contributed by atoms with Gasteiger partial charge in [-0.2, -0.15) is 19.2 Å². The lowest BCUT2D eigenvalue weighted by atomic mass is 9.97. The SMILES string of the molecule is C/C=C/c1ccc(OC)cc1.CCC(C[N+](=O)[O-])c1ccc(OC)cc1.CCCc1ccc(N2CCCN(c3cccc(CS(=O)(=O)c4cc(C5CNC(=O)C5)ccc4OC)c3)C2=O)cc1.COc1ccc(C2CNC(=O)C2)cc1.COc1ccc(C2CNC(=O)C2)cc1S(=O)(=O)Cl.O=C=O.O=C=O. The first kappa shape index (κ1) is 84.0. The molecular formula is C76H87ClN6O19S2. The number of nitrogens with zero attached hydrogens (tertiary/aromatic N) is 3. The molecule has 0 spiro atoms. The molecule has 104 heavy (non-hydrogen) atoms. The third-order valence-electron chi connectivity index (χ3n) is 17.0. The average Bonchev–Trinajstić information content (AvgIpc) is 0.811. The molecule has 4 unspecified atom stereocenters. The van der Waals surface area contributed by atoms with Crippen molar-refractivity contribution < 1.29 is 83.8 Å². The van der Waals surface area contributed by atoms with Crippen LogP contribution in [0.1, 0.15) is 122 Å². The summed E-state index contributed by atoms with van der Waals surface area (Å²) in [5, 5.41) is 18.8. The number of methoxy groups -OCH3 is 5. The average molecular weight is 1490 g/mol. The monoisotopic (exact) mass is 1490 g/mol. The van der Waals surface area contributed by atoms with Crippen LogP contribution in [0.2, 0.25) is 0 Å². The molecule has 7 aromatic carbocycles. The smallest absolute Gasteiger partial charge is 0.373 e. The number of sulfone groups is 1. The summed E-state index contributed by atoms with van der Waals surface area (Å²) in [7, 11) is 5.44. The number of nitrogens with one attached hydrogen (secondary N) is 3. The van der Waals surface area contributed by atoms with Gasteiger partial charge in [0.15, 0.2) is 9.84 Å². The second kappa shape index (κ2) is 42.7. The zero-order valence-electron chi connectivity index (χ0n) is 59.2. The van der Waals surface area contributed by atoms with Crippen LogP contribution in [-0.2, 0) is 64.6 Å². The van der Waals surface area contributed by atoms with Crippen LogP contribution in [-0.4, -0.2) is 133 Å². The van der Waals surface area contributed by atoms with Gasteiger partial charge in [-0.1, -0.05) is 105 Å². The Morgan fingerprint density at radius 1 is 0.567 bits per heavy atom. The second-order valence-electron chi connectivity index (χ2n) is 23.8. The lowest BCUT2D eigenvalue weighted by Gasteiger charge is -2.36. The fourth-order valence-electron chi connectivity index (χ4n) is 11.6. The zero-order valence-corrected chi connectivity index (χ0v) is 61.6. The largest absolute Gasteiger partial charge is 0.497 e. The fraction of sp³-hybridized carbons (Fsp3) is 0.342. The van der Waals surface area contributed by atoms with Gasteiger partial charge in [0.2, 0.25) is 24.3 Å². The van der Waals surface area contributed by atoms with E-state index >= 15 is 0 Å². The van der Waals surface area contributed by atoms with Gasteiger partial charge in [0, 0.05) is 103 Å². The van der Waals surface area contributed by atoms with Crippen molar-refractivity contribution in [1.82, 2.24) is 16.0 Å². The number of allylic oxidation sites excluding steroid dienone is 1. The first-order chi connectivity index (χ1) is 49.9. The number of halogens is 1. The molecule has 4 heterocycles. The van der Waals surface area contributed by atoms with Crippen LogP contribution in [0.5, 0.6) is 28.7 Å². The van der Waals surface area contributed by atoms with Crippen LogP contribution in [0, 0.1) is 10.1 Å². The molecule has 4 aliphatic rings. The molecule has 7 aromatic rings. The molecule has 25 nitrogen and oxygen atoms in total. The topological polar surface area (TPSA) is 337 Å². The van der Waals surface area contributed by atoms with Gasteiger partial charge in [0.05, 0.1) is 41.3 Å². The van der Waals surface area contributed by atoms with E-state index in [1.807, 2.05) is 117 Å². The van der Waals surface area contributed by atoms with Crippen molar-refractivity contribution in [2.45, 2.75) is 105 Å². The predicted molar refractivity (Wildman–Crippen MR) is 391 cm³/mol. The van der Waals surface area contributed by atoms with Crippen LogP contribution in [0.4, 0.5) is 16.2 Å². The van der Waals surface area contributed by atoms with E-state index in [-0.39, 0.29) is 92.3 Å². The number of hydrogen-bond donors (Lipinski definition) is 3. The molecule has 0 saturated carbocycles. The highest BCUT2D eigenvalue weighted by Gasteiger charge is 2.31. The van der Waals surface area contributed by atoms with E-state index in [0.29, 0.717) is 62.6 Å². The highest BCUT2D eigenvalue weighted by atomic mass is 35.7. The summed E-state index contributed by atoms with van der Waals surface area (Å²) >= 11 is 0. The van der Waals surface area contributed by atoms with E-state index in [9.17, 15) is 46.1 Å². The quantitative estimate of drug-likeness (QED) is 0.0342. The van der Waals surface area contributed by atoms with Gasteiger partial charge in [0.25, 0.3) is 9.05 Å². The molecule has 4 atom stereocenters. The van der Waals surface area contributed by atoms with Gasteiger partial charge in [-0.05, 0) is 150 Å². The summed E-state index contributed by atoms with van der Waals surface area (Å²) in [5.74, 6) is 3.03. The van der Waals surface area contributed by atoms with Gasteiger partial charge < -0.3 is 39.6 Å². The number of carbonyl (C=O) groups is 4. The lowest BCUT2D eigenvalue weighted by molar-refractivity contribution is -0.483. The Morgan fingerprint density at radius 2 is 1.01 bits per heavy atom. The molecular weight excluding hydrogens is 1400 g/mol. The molecule has 4 saturated heterocycles. The van der Waals surface area contributed by atoms with Crippen LogP contribution in [0.15, 0.2) is 174 Å². The maximum absolute atomic E-state index is 13.6. The molecule has 0 aliphatic carbocycles. The van der Waals surface area contributed by atoms with Crippen molar-refractivity contribution in [1.29, 1.82) is 0 Å². The number of nitro groups is 1. The molecule has 0 radical (unpaired) electrons. The molecule has 28 heteroatoms. The number of hydrogen-bond acceptors (Lipinski definition) is 19. The second-order valence-corrected chi connectivity index (χ2v) is 28.3.